The molecule has 0 radical (unpaired) electrons. The molecule has 0 aromatic heterocycles. The lowest BCUT2D eigenvalue weighted by atomic mass is 9.79. The second-order valence-corrected chi connectivity index (χ2v) is 9.50. The van der Waals surface area contributed by atoms with Gasteiger partial charge in [0.25, 0.3) is 0 Å². The molecule has 4 rings (SSSR count). The van der Waals surface area contributed by atoms with Crippen molar-refractivity contribution in [2.24, 2.45) is 0 Å². The zero-order chi connectivity index (χ0) is 17.3. The van der Waals surface area contributed by atoms with Gasteiger partial charge in [0, 0.05) is 12.7 Å². The van der Waals surface area contributed by atoms with Crippen molar-refractivity contribution in [3.05, 3.63) is 30.3 Å². The second kappa shape index (κ2) is 7.48. The Bertz CT molecular complexity index is 564. The van der Waals surface area contributed by atoms with Gasteiger partial charge in [-0.25, -0.2) is 0 Å². The van der Waals surface area contributed by atoms with Crippen molar-refractivity contribution in [1.82, 2.24) is 0 Å². The predicted molar refractivity (Wildman–Crippen MR) is 94.6 cm³/mol. The minimum Gasteiger partial charge on any atom is -0.405 e. The van der Waals surface area contributed by atoms with Gasteiger partial charge in [0.15, 0.2) is 0 Å². The molecule has 1 aromatic rings. The standard InChI is InChI=1S/C17H25BO6Si/c1-13-17-14(2)23-25(22-13,24-17)10-6-9-19-11-16-12-20-18(21-16)15-7-4-3-5-8-15/h3-5,7-8,13-14,16-17H,6,9-12H2,1-2H3. The minimum atomic E-state index is -2.43. The average molecular weight is 364 g/mol. The van der Waals surface area contributed by atoms with Crippen LogP contribution in [0.4, 0.5) is 0 Å². The van der Waals surface area contributed by atoms with E-state index in [0.717, 1.165) is 17.9 Å². The summed E-state index contributed by atoms with van der Waals surface area (Å²) in [5.41, 5.74) is 1.04. The lowest BCUT2D eigenvalue weighted by molar-refractivity contribution is 0.0373. The summed E-state index contributed by atoms with van der Waals surface area (Å²) < 4.78 is 35.3. The summed E-state index contributed by atoms with van der Waals surface area (Å²) in [6.45, 7) is 5.87. The molecule has 3 heterocycles. The van der Waals surface area contributed by atoms with Gasteiger partial charge in [-0.15, -0.1) is 0 Å². The van der Waals surface area contributed by atoms with Gasteiger partial charge < -0.3 is 27.3 Å². The molecule has 3 unspecified atom stereocenters. The zero-order valence-electron chi connectivity index (χ0n) is 14.8. The molecule has 0 spiro atoms. The Balaban J connectivity index is 1.14. The van der Waals surface area contributed by atoms with Gasteiger partial charge in [-0.05, 0) is 25.7 Å². The first-order valence-electron chi connectivity index (χ1n) is 9.08. The monoisotopic (exact) mass is 364 g/mol. The van der Waals surface area contributed by atoms with E-state index in [1.807, 2.05) is 30.3 Å². The highest BCUT2D eigenvalue weighted by atomic mass is 28.4. The van der Waals surface area contributed by atoms with E-state index in [1.54, 1.807) is 0 Å². The van der Waals surface area contributed by atoms with Gasteiger partial charge in [0.2, 0.25) is 0 Å². The minimum absolute atomic E-state index is 0.0215. The van der Waals surface area contributed by atoms with Crippen molar-refractivity contribution in [3.63, 3.8) is 0 Å². The molecule has 3 fully saturated rings. The third kappa shape index (κ3) is 3.85. The third-order valence-corrected chi connectivity index (χ3v) is 7.93. The van der Waals surface area contributed by atoms with E-state index in [2.05, 4.69) is 13.8 Å². The first kappa shape index (κ1) is 17.7. The molecule has 0 aliphatic carbocycles. The lowest BCUT2D eigenvalue weighted by Crippen LogP contribution is -2.44. The van der Waals surface area contributed by atoms with Crippen molar-refractivity contribution < 1.29 is 27.3 Å². The van der Waals surface area contributed by atoms with Crippen molar-refractivity contribution in [1.29, 1.82) is 0 Å². The van der Waals surface area contributed by atoms with Crippen molar-refractivity contribution in [3.8, 4) is 0 Å². The topological polar surface area (TPSA) is 55.4 Å². The highest BCUT2D eigenvalue weighted by Crippen LogP contribution is 2.40. The summed E-state index contributed by atoms with van der Waals surface area (Å²) in [5, 5.41) is 0. The van der Waals surface area contributed by atoms with Crippen LogP contribution >= 0.6 is 0 Å². The summed E-state index contributed by atoms with van der Waals surface area (Å²) >= 11 is 0. The van der Waals surface area contributed by atoms with Crippen LogP contribution in [0.25, 0.3) is 0 Å². The maximum Gasteiger partial charge on any atom is 0.502 e. The smallest absolute Gasteiger partial charge is 0.405 e. The second-order valence-electron chi connectivity index (χ2n) is 6.92. The fraction of sp³-hybridized carbons (Fsp3) is 0.647. The molecule has 8 heteroatoms. The van der Waals surface area contributed by atoms with Gasteiger partial charge in [0.1, 0.15) is 0 Å². The van der Waals surface area contributed by atoms with Gasteiger partial charge in [0.05, 0.1) is 37.6 Å². The molecule has 25 heavy (non-hydrogen) atoms. The summed E-state index contributed by atoms with van der Waals surface area (Å²) in [5.74, 6) is 0. The Morgan fingerprint density at radius 2 is 1.88 bits per heavy atom. The number of fused-ring (bicyclic) bond motifs is 2. The quantitative estimate of drug-likeness (QED) is 0.538. The van der Waals surface area contributed by atoms with Crippen LogP contribution in [-0.2, 0) is 27.3 Å². The van der Waals surface area contributed by atoms with E-state index in [9.17, 15) is 0 Å². The number of benzene rings is 1. The molecule has 0 amide bonds. The molecular formula is C17H25BO6Si. The van der Waals surface area contributed by atoms with E-state index in [0.29, 0.717) is 19.8 Å². The molecule has 3 saturated heterocycles. The molecule has 0 N–H and O–H groups in total. The number of ether oxygens (including phenoxy) is 1. The highest BCUT2D eigenvalue weighted by molar-refractivity contribution is 6.62. The Hall–Kier alpha value is -0.738. The van der Waals surface area contributed by atoms with Crippen LogP contribution in [0.15, 0.2) is 30.3 Å². The maximum absolute atomic E-state index is 6.02. The summed E-state index contributed by atoms with van der Waals surface area (Å²) in [6.07, 6.45) is 1.25. The van der Waals surface area contributed by atoms with E-state index < -0.39 is 8.80 Å². The van der Waals surface area contributed by atoms with Crippen molar-refractivity contribution in [2.45, 2.75) is 50.7 Å². The van der Waals surface area contributed by atoms with Crippen LogP contribution < -0.4 is 5.46 Å². The molecular weight excluding hydrogens is 339 g/mol. The van der Waals surface area contributed by atoms with Crippen LogP contribution in [0.2, 0.25) is 6.04 Å². The summed E-state index contributed by atoms with van der Waals surface area (Å²) in [7, 11) is -2.71. The molecule has 3 aliphatic rings. The van der Waals surface area contributed by atoms with E-state index in [1.165, 1.54) is 0 Å². The van der Waals surface area contributed by atoms with Crippen LogP contribution in [0, 0.1) is 0 Å². The van der Waals surface area contributed by atoms with Crippen molar-refractivity contribution >= 4 is 21.4 Å². The first-order valence-corrected chi connectivity index (χ1v) is 11.0. The Morgan fingerprint density at radius 3 is 2.60 bits per heavy atom. The van der Waals surface area contributed by atoms with Crippen LogP contribution in [0.5, 0.6) is 0 Å². The highest BCUT2D eigenvalue weighted by Gasteiger charge is 2.60. The van der Waals surface area contributed by atoms with E-state index in [4.69, 9.17) is 27.3 Å². The third-order valence-electron chi connectivity index (χ3n) is 4.87. The molecule has 3 aliphatic heterocycles. The summed E-state index contributed by atoms with van der Waals surface area (Å²) in [4.78, 5) is 0. The van der Waals surface area contributed by atoms with Crippen LogP contribution in [0.1, 0.15) is 20.3 Å². The fourth-order valence-corrected chi connectivity index (χ4v) is 6.96. The number of hydrogen-bond acceptors (Lipinski definition) is 6. The lowest BCUT2D eigenvalue weighted by Gasteiger charge is -2.26. The molecule has 1 aromatic carbocycles. The van der Waals surface area contributed by atoms with E-state index in [-0.39, 0.29) is 31.5 Å². The SMILES string of the molecule is CC1O[Si]2(CCCOCC3COB(c4ccccc4)O3)OC(C)C1O2. The Morgan fingerprint density at radius 1 is 1.12 bits per heavy atom. The molecule has 2 bridgehead atoms. The van der Waals surface area contributed by atoms with Crippen LogP contribution in [-0.4, -0.2) is 60.2 Å². The zero-order valence-corrected chi connectivity index (χ0v) is 15.8. The maximum atomic E-state index is 6.02. The molecule has 136 valence electrons. The molecule has 0 saturated carbocycles. The Kier molecular flexibility index (Phi) is 5.28. The van der Waals surface area contributed by atoms with Crippen molar-refractivity contribution in [2.75, 3.05) is 19.8 Å². The molecule has 3 atom stereocenters. The van der Waals surface area contributed by atoms with Gasteiger partial charge in [-0.3, -0.25) is 0 Å². The fourth-order valence-electron chi connectivity index (χ4n) is 3.67. The van der Waals surface area contributed by atoms with Gasteiger partial charge in [-0.2, -0.15) is 0 Å². The summed E-state index contributed by atoms with van der Waals surface area (Å²) in [6, 6.07) is 10.8. The first-order chi connectivity index (χ1) is 12.2. The van der Waals surface area contributed by atoms with Gasteiger partial charge >= 0.3 is 15.9 Å². The van der Waals surface area contributed by atoms with Crippen LogP contribution in [0.3, 0.4) is 0 Å². The number of hydrogen-bond donors (Lipinski definition) is 0. The average Bonchev–Trinajstić information content (AvgIpc) is 3.28. The normalized spacial score (nSPS) is 37.1. The predicted octanol–water partition coefficient (Wildman–Crippen LogP) is 1.37. The molecule has 6 nitrogen and oxygen atoms in total. The van der Waals surface area contributed by atoms with Gasteiger partial charge in [-0.1, -0.05) is 30.3 Å². The number of rotatable bonds is 7. The largest absolute Gasteiger partial charge is 0.502 e. The Labute approximate surface area is 150 Å². The van der Waals surface area contributed by atoms with E-state index >= 15 is 0 Å².